The lowest BCUT2D eigenvalue weighted by molar-refractivity contribution is -0.145. The second-order valence-corrected chi connectivity index (χ2v) is 6.75. The van der Waals surface area contributed by atoms with Crippen LogP contribution >= 0.6 is 0 Å². The number of carbonyl (C=O) groups excluding carboxylic acids is 2. The maximum atomic E-state index is 14.2. The van der Waals surface area contributed by atoms with Gasteiger partial charge in [-0.25, -0.2) is 26.7 Å². The number of hydrazone groups is 1. The predicted octanol–water partition coefficient (Wildman–Crippen LogP) is 4.14. The molecular weight excluding hydrogens is 467 g/mol. The smallest absolute Gasteiger partial charge is 0.344 e. The summed E-state index contributed by atoms with van der Waals surface area (Å²) in [5.74, 6) is -12.8. The molecule has 0 fully saturated rings. The highest BCUT2D eigenvalue weighted by Gasteiger charge is 2.37. The van der Waals surface area contributed by atoms with Gasteiger partial charge >= 0.3 is 5.97 Å². The Kier molecular flexibility index (Phi) is 7.18. The minimum Gasteiger partial charge on any atom is -0.493 e. The number of para-hydroxylation sites is 1. The summed E-state index contributed by atoms with van der Waals surface area (Å²) in [7, 11) is 1.34. The van der Waals surface area contributed by atoms with Gasteiger partial charge in [0.1, 0.15) is 5.69 Å². The summed E-state index contributed by atoms with van der Waals surface area (Å²) in [6, 6.07) is 4.54. The number of carbonyl (C=O) groups is 2. The molecule has 0 unspecified atom stereocenters. The van der Waals surface area contributed by atoms with Crippen molar-refractivity contribution in [3.63, 3.8) is 0 Å². The monoisotopic (exact) mass is 484 g/mol. The highest BCUT2D eigenvalue weighted by molar-refractivity contribution is 6.32. The van der Waals surface area contributed by atoms with Gasteiger partial charge in [-0.2, -0.15) is 10.1 Å². The third kappa shape index (κ3) is 4.43. The van der Waals surface area contributed by atoms with Crippen LogP contribution in [-0.4, -0.2) is 37.9 Å². The summed E-state index contributed by atoms with van der Waals surface area (Å²) in [5.41, 5.74) is -1.60. The number of benzene rings is 2. The molecule has 0 aliphatic carbocycles. The van der Waals surface area contributed by atoms with Gasteiger partial charge in [0, 0.05) is 5.56 Å². The summed E-state index contributed by atoms with van der Waals surface area (Å²) in [5, 5.41) is 3.77. The van der Waals surface area contributed by atoms with Crippen molar-refractivity contribution in [2.24, 2.45) is 5.10 Å². The molecular formula is C22H17F5N2O5. The van der Waals surface area contributed by atoms with E-state index in [1.807, 2.05) is 0 Å². The molecule has 1 aliphatic rings. The number of methoxy groups -OCH3 is 1. The van der Waals surface area contributed by atoms with Crippen LogP contribution in [-0.2, 0) is 14.3 Å². The quantitative estimate of drug-likeness (QED) is 0.194. The van der Waals surface area contributed by atoms with E-state index in [1.54, 1.807) is 6.92 Å². The Morgan fingerprint density at radius 3 is 2.26 bits per heavy atom. The molecule has 1 aliphatic heterocycles. The highest BCUT2D eigenvalue weighted by Crippen LogP contribution is 2.36. The molecule has 12 heteroatoms. The van der Waals surface area contributed by atoms with Crippen molar-refractivity contribution in [3.05, 3.63) is 58.4 Å². The summed E-state index contributed by atoms with van der Waals surface area (Å²) in [4.78, 5) is 24.6. The molecule has 0 atom stereocenters. The van der Waals surface area contributed by atoms with Gasteiger partial charge in [-0.1, -0.05) is 12.1 Å². The van der Waals surface area contributed by atoms with Gasteiger partial charge < -0.3 is 14.2 Å². The summed E-state index contributed by atoms with van der Waals surface area (Å²) in [6.07, 6.45) is 1.22. The Morgan fingerprint density at radius 1 is 1.06 bits per heavy atom. The summed E-state index contributed by atoms with van der Waals surface area (Å²) in [6.45, 7) is 2.56. The Morgan fingerprint density at radius 2 is 1.68 bits per heavy atom. The van der Waals surface area contributed by atoms with Gasteiger partial charge in [0.2, 0.25) is 5.82 Å². The van der Waals surface area contributed by atoms with Crippen molar-refractivity contribution in [1.29, 1.82) is 0 Å². The largest absolute Gasteiger partial charge is 0.493 e. The minimum atomic E-state index is -2.36. The number of ether oxygens (including phenoxy) is 3. The van der Waals surface area contributed by atoms with Gasteiger partial charge in [-0.05, 0) is 26.0 Å². The van der Waals surface area contributed by atoms with Crippen LogP contribution in [0.3, 0.4) is 0 Å². The van der Waals surface area contributed by atoms with Crippen LogP contribution in [0, 0.1) is 29.1 Å². The zero-order chi connectivity index (χ0) is 25.2. The lowest BCUT2D eigenvalue weighted by Crippen LogP contribution is -2.25. The molecule has 7 nitrogen and oxygen atoms in total. The van der Waals surface area contributed by atoms with E-state index in [4.69, 9.17) is 14.2 Å². The third-order valence-electron chi connectivity index (χ3n) is 4.63. The van der Waals surface area contributed by atoms with E-state index in [0.29, 0.717) is 0 Å². The number of halogens is 5. The van der Waals surface area contributed by atoms with Gasteiger partial charge in [0.15, 0.2) is 41.4 Å². The molecule has 1 heterocycles. The van der Waals surface area contributed by atoms with Crippen molar-refractivity contribution in [2.45, 2.75) is 13.8 Å². The lowest BCUT2D eigenvalue weighted by Gasteiger charge is -2.15. The zero-order valence-corrected chi connectivity index (χ0v) is 18.0. The van der Waals surface area contributed by atoms with Crippen LogP contribution in [0.2, 0.25) is 0 Å². The van der Waals surface area contributed by atoms with Gasteiger partial charge in [0.05, 0.1) is 25.0 Å². The van der Waals surface area contributed by atoms with E-state index >= 15 is 0 Å². The first-order valence-electron chi connectivity index (χ1n) is 9.70. The second-order valence-electron chi connectivity index (χ2n) is 6.75. The molecule has 0 bridgehead atoms. The number of anilines is 1. The molecule has 0 saturated heterocycles. The van der Waals surface area contributed by atoms with Gasteiger partial charge in [-0.3, -0.25) is 4.79 Å². The average Bonchev–Trinajstić information content (AvgIpc) is 3.08. The molecule has 0 radical (unpaired) electrons. The van der Waals surface area contributed by atoms with Crippen molar-refractivity contribution >= 4 is 29.4 Å². The van der Waals surface area contributed by atoms with Crippen molar-refractivity contribution in [3.8, 4) is 11.5 Å². The van der Waals surface area contributed by atoms with Crippen molar-refractivity contribution in [1.82, 2.24) is 0 Å². The number of hydrogen-bond donors (Lipinski definition) is 0. The molecule has 1 amide bonds. The first-order chi connectivity index (χ1) is 16.1. The SMILES string of the molecule is CCOC(=O)COc1c(/C=C2\C(=O)N(c3c(F)c(F)c(F)c(F)c3F)N=C2C)cccc1OC. The molecule has 0 spiro atoms. The highest BCUT2D eigenvalue weighted by atomic mass is 19.2. The van der Waals surface area contributed by atoms with Crippen LogP contribution in [0.5, 0.6) is 11.5 Å². The van der Waals surface area contributed by atoms with Crippen molar-refractivity contribution < 1.29 is 45.8 Å². The van der Waals surface area contributed by atoms with Crippen molar-refractivity contribution in [2.75, 3.05) is 25.3 Å². The molecule has 180 valence electrons. The fourth-order valence-electron chi connectivity index (χ4n) is 3.07. The van der Waals surface area contributed by atoms with E-state index in [0.717, 1.165) is 0 Å². The zero-order valence-electron chi connectivity index (χ0n) is 18.0. The topological polar surface area (TPSA) is 77.4 Å². The number of nitrogens with zero attached hydrogens (tertiary/aromatic N) is 2. The first-order valence-corrected chi connectivity index (χ1v) is 9.70. The molecule has 34 heavy (non-hydrogen) atoms. The van der Waals surface area contributed by atoms with Crippen LogP contribution < -0.4 is 14.5 Å². The first kappa shape index (κ1) is 24.7. The summed E-state index contributed by atoms with van der Waals surface area (Å²) < 4.78 is 84.6. The van der Waals surface area contributed by atoms with Gasteiger partial charge in [-0.15, -0.1) is 0 Å². The average molecular weight is 484 g/mol. The fraction of sp³-hybridized carbons (Fsp3) is 0.227. The maximum Gasteiger partial charge on any atom is 0.344 e. The fourth-order valence-corrected chi connectivity index (χ4v) is 3.07. The van der Waals surface area contributed by atoms with Crippen LogP contribution in [0.15, 0.2) is 28.9 Å². The van der Waals surface area contributed by atoms with E-state index in [1.165, 1.54) is 38.3 Å². The summed E-state index contributed by atoms with van der Waals surface area (Å²) >= 11 is 0. The normalized spacial score (nSPS) is 14.5. The minimum absolute atomic E-state index is 0.0424. The third-order valence-corrected chi connectivity index (χ3v) is 4.63. The van der Waals surface area contributed by atoms with E-state index < -0.39 is 53.3 Å². The molecule has 2 aromatic carbocycles. The van der Waals surface area contributed by atoms with Crippen LogP contribution in [0.4, 0.5) is 27.6 Å². The Hall–Kier alpha value is -3.96. The number of esters is 1. The number of amides is 1. The Labute approximate surface area is 190 Å². The molecule has 0 saturated carbocycles. The molecule has 3 rings (SSSR count). The predicted molar refractivity (Wildman–Crippen MR) is 110 cm³/mol. The van der Waals surface area contributed by atoms with Crippen LogP contribution in [0.1, 0.15) is 19.4 Å². The Balaban J connectivity index is 2.03. The standard InChI is InChI=1S/C22H17F5N2O5/c1-4-33-14(30)9-34-21-11(6-5-7-13(21)32-3)8-12-10(2)28-29(22(12)31)20-18(26)16(24)15(23)17(25)19(20)27/h5-8H,4,9H2,1-3H3/b12-8-. The van der Waals surface area contributed by atoms with Gasteiger partial charge in [0.25, 0.3) is 5.91 Å². The Bertz CT molecular complexity index is 1200. The number of hydrogen-bond acceptors (Lipinski definition) is 6. The second kappa shape index (κ2) is 9.89. The molecule has 0 N–H and O–H groups in total. The molecule has 0 aromatic heterocycles. The van der Waals surface area contributed by atoms with E-state index in [9.17, 15) is 31.5 Å². The molecule has 2 aromatic rings. The maximum absolute atomic E-state index is 14.2. The van der Waals surface area contributed by atoms with Crippen LogP contribution in [0.25, 0.3) is 6.08 Å². The lowest BCUT2D eigenvalue weighted by atomic mass is 10.1. The number of rotatable bonds is 7. The van der Waals surface area contributed by atoms with E-state index in [-0.39, 0.29) is 40.0 Å². The van der Waals surface area contributed by atoms with E-state index in [2.05, 4.69) is 5.10 Å².